The first kappa shape index (κ1) is 14.5. The smallest absolute Gasteiger partial charge is 0.261 e. The number of rotatable bonds is 5. The fourth-order valence-corrected chi connectivity index (χ4v) is 2.78. The molecule has 0 aliphatic rings. The van der Waals surface area contributed by atoms with Gasteiger partial charge in [0.25, 0.3) is 10.0 Å². The lowest BCUT2D eigenvalue weighted by Gasteiger charge is -2.08. The van der Waals surface area contributed by atoms with Crippen molar-refractivity contribution in [3.63, 3.8) is 0 Å². The van der Waals surface area contributed by atoms with E-state index in [0.717, 1.165) is 5.56 Å². The molecule has 0 unspecified atom stereocenters. The Balaban J connectivity index is 2.19. The lowest BCUT2D eigenvalue weighted by molar-refractivity contribution is 0.601. The standard InChI is InChI=1S/C14H15FN2O2S/c1-16-10-11-2-8-14(9-3-11)20(18,19)17-13-6-4-12(15)5-7-13/h2-9,16-17H,10H2,1H3. The molecule has 0 amide bonds. The highest BCUT2D eigenvalue weighted by Gasteiger charge is 2.13. The average molecular weight is 294 g/mol. The minimum absolute atomic E-state index is 0.168. The maximum atomic E-state index is 12.8. The summed E-state index contributed by atoms with van der Waals surface area (Å²) in [6.45, 7) is 0.672. The molecule has 106 valence electrons. The third-order valence-electron chi connectivity index (χ3n) is 2.71. The van der Waals surface area contributed by atoms with Gasteiger partial charge in [0.15, 0.2) is 0 Å². The highest BCUT2D eigenvalue weighted by atomic mass is 32.2. The molecule has 2 aromatic carbocycles. The summed E-state index contributed by atoms with van der Waals surface area (Å²) in [7, 11) is -1.83. The van der Waals surface area contributed by atoms with E-state index in [1.807, 2.05) is 7.05 Å². The Hall–Kier alpha value is -1.92. The molecule has 0 aromatic heterocycles. The highest BCUT2D eigenvalue weighted by Crippen LogP contribution is 2.17. The van der Waals surface area contributed by atoms with Gasteiger partial charge in [0.2, 0.25) is 0 Å². The molecule has 0 atom stereocenters. The first-order chi connectivity index (χ1) is 9.51. The first-order valence-electron chi connectivity index (χ1n) is 6.03. The molecule has 6 heteroatoms. The highest BCUT2D eigenvalue weighted by molar-refractivity contribution is 7.92. The lowest BCUT2D eigenvalue weighted by atomic mass is 10.2. The van der Waals surface area contributed by atoms with Gasteiger partial charge < -0.3 is 5.32 Å². The molecule has 0 saturated heterocycles. The van der Waals surface area contributed by atoms with Crippen LogP contribution in [-0.2, 0) is 16.6 Å². The molecule has 0 heterocycles. The SMILES string of the molecule is CNCc1ccc(S(=O)(=O)Nc2ccc(F)cc2)cc1. The summed E-state index contributed by atoms with van der Waals surface area (Å²) < 4.78 is 39.4. The maximum Gasteiger partial charge on any atom is 0.261 e. The fraction of sp³-hybridized carbons (Fsp3) is 0.143. The molecule has 2 aromatic rings. The summed E-state index contributed by atoms with van der Waals surface area (Å²) in [5.41, 5.74) is 1.32. The summed E-state index contributed by atoms with van der Waals surface area (Å²) in [6.07, 6.45) is 0. The van der Waals surface area contributed by atoms with Gasteiger partial charge in [-0.2, -0.15) is 0 Å². The molecule has 0 fully saturated rings. The maximum absolute atomic E-state index is 12.8. The summed E-state index contributed by atoms with van der Waals surface area (Å²) >= 11 is 0. The van der Waals surface area contributed by atoms with Gasteiger partial charge in [-0.15, -0.1) is 0 Å². The van der Waals surface area contributed by atoms with E-state index in [4.69, 9.17) is 0 Å². The number of anilines is 1. The summed E-state index contributed by atoms with van der Waals surface area (Å²) in [6, 6.07) is 11.7. The van der Waals surface area contributed by atoms with Crippen molar-refractivity contribution in [2.45, 2.75) is 11.4 Å². The van der Waals surface area contributed by atoms with Crippen LogP contribution in [0.3, 0.4) is 0 Å². The Morgan fingerprint density at radius 1 is 1.00 bits per heavy atom. The van der Waals surface area contributed by atoms with Crippen LogP contribution >= 0.6 is 0 Å². The number of sulfonamides is 1. The van der Waals surface area contributed by atoms with Crippen LogP contribution in [0, 0.1) is 5.82 Å². The van der Waals surface area contributed by atoms with E-state index >= 15 is 0 Å². The van der Waals surface area contributed by atoms with Crippen molar-refractivity contribution in [2.24, 2.45) is 0 Å². The van der Waals surface area contributed by atoms with E-state index in [2.05, 4.69) is 10.0 Å². The molecule has 0 saturated carbocycles. The van der Waals surface area contributed by atoms with E-state index in [1.165, 1.54) is 24.3 Å². The van der Waals surface area contributed by atoms with E-state index in [9.17, 15) is 12.8 Å². The zero-order valence-corrected chi connectivity index (χ0v) is 11.7. The van der Waals surface area contributed by atoms with Crippen molar-refractivity contribution < 1.29 is 12.8 Å². The van der Waals surface area contributed by atoms with Gasteiger partial charge in [-0.3, -0.25) is 4.72 Å². The first-order valence-corrected chi connectivity index (χ1v) is 7.51. The quantitative estimate of drug-likeness (QED) is 0.890. The molecular weight excluding hydrogens is 279 g/mol. The zero-order chi connectivity index (χ0) is 14.6. The molecule has 0 aliphatic carbocycles. The lowest BCUT2D eigenvalue weighted by Crippen LogP contribution is -2.13. The largest absolute Gasteiger partial charge is 0.316 e. The van der Waals surface area contributed by atoms with Crippen LogP contribution in [0.1, 0.15) is 5.56 Å². The van der Waals surface area contributed by atoms with Crippen LogP contribution in [0.25, 0.3) is 0 Å². The minimum atomic E-state index is -3.65. The van der Waals surface area contributed by atoms with E-state index in [0.29, 0.717) is 12.2 Å². The van der Waals surface area contributed by atoms with Crippen LogP contribution < -0.4 is 10.0 Å². The van der Waals surface area contributed by atoms with Gasteiger partial charge in [0, 0.05) is 12.2 Å². The van der Waals surface area contributed by atoms with Gasteiger partial charge in [-0.1, -0.05) is 12.1 Å². The molecule has 0 bridgehead atoms. The van der Waals surface area contributed by atoms with Crippen molar-refractivity contribution in [2.75, 3.05) is 11.8 Å². The average Bonchev–Trinajstić information content (AvgIpc) is 2.42. The van der Waals surface area contributed by atoms with Gasteiger partial charge >= 0.3 is 0 Å². The van der Waals surface area contributed by atoms with Crippen molar-refractivity contribution in [1.82, 2.24) is 5.32 Å². The van der Waals surface area contributed by atoms with Gasteiger partial charge in [0.05, 0.1) is 4.90 Å². The van der Waals surface area contributed by atoms with Crippen molar-refractivity contribution in [1.29, 1.82) is 0 Å². The monoisotopic (exact) mass is 294 g/mol. The minimum Gasteiger partial charge on any atom is -0.316 e. The van der Waals surface area contributed by atoms with Crippen molar-refractivity contribution >= 4 is 15.7 Å². The number of hydrogen-bond acceptors (Lipinski definition) is 3. The predicted molar refractivity (Wildman–Crippen MR) is 76.4 cm³/mol. The second kappa shape index (κ2) is 6.02. The normalized spacial score (nSPS) is 11.3. The number of benzene rings is 2. The van der Waals surface area contributed by atoms with Crippen LogP contribution in [0.15, 0.2) is 53.4 Å². The second-order valence-corrected chi connectivity index (χ2v) is 5.97. The Labute approximate surface area is 117 Å². The molecule has 20 heavy (non-hydrogen) atoms. The van der Waals surface area contributed by atoms with Crippen LogP contribution in [-0.4, -0.2) is 15.5 Å². The van der Waals surface area contributed by atoms with E-state index < -0.39 is 15.8 Å². The molecular formula is C14H15FN2O2S. The van der Waals surface area contributed by atoms with Crippen LogP contribution in [0.2, 0.25) is 0 Å². The number of hydrogen-bond donors (Lipinski definition) is 2. The van der Waals surface area contributed by atoms with Gasteiger partial charge in [-0.05, 0) is 49.0 Å². The van der Waals surface area contributed by atoms with Crippen molar-refractivity contribution in [3.05, 3.63) is 59.9 Å². The van der Waals surface area contributed by atoms with E-state index in [1.54, 1.807) is 24.3 Å². The molecule has 2 N–H and O–H groups in total. The Bertz CT molecular complexity index is 667. The second-order valence-electron chi connectivity index (χ2n) is 4.29. The molecule has 0 radical (unpaired) electrons. The molecule has 0 aliphatic heterocycles. The van der Waals surface area contributed by atoms with E-state index in [-0.39, 0.29) is 4.90 Å². The molecule has 2 rings (SSSR count). The molecule has 4 nitrogen and oxygen atoms in total. The number of halogens is 1. The summed E-state index contributed by atoms with van der Waals surface area (Å²) in [5, 5.41) is 2.99. The third kappa shape index (κ3) is 3.55. The zero-order valence-electron chi connectivity index (χ0n) is 10.9. The Morgan fingerprint density at radius 3 is 2.15 bits per heavy atom. The van der Waals surface area contributed by atoms with Gasteiger partial charge in [0.1, 0.15) is 5.82 Å². The fourth-order valence-electron chi connectivity index (χ4n) is 1.72. The summed E-state index contributed by atoms with van der Waals surface area (Å²) in [5.74, 6) is -0.413. The van der Waals surface area contributed by atoms with Gasteiger partial charge in [-0.25, -0.2) is 12.8 Å². The molecule has 0 spiro atoms. The third-order valence-corrected chi connectivity index (χ3v) is 4.11. The topological polar surface area (TPSA) is 58.2 Å². The van der Waals surface area contributed by atoms with Crippen molar-refractivity contribution in [3.8, 4) is 0 Å². The Morgan fingerprint density at radius 2 is 1.60 bits per heavy atom. The van der Waals surface area contributed by atoms with Crippen LogP contribution in [0.4, 0.5) is 10.1 Å². The Kier molecular flexibility index (Phi) is 4.36. The predicted octanol–water partition coefficient (Wildman–Crippen LogP) is 2.35. The number of nitrogens with one attached hydrogen (secondary N) is 2. The summed E-state index contributed by atoms with van der Waals surface area (Å²) in [4.78, 5) is 0.168. The van der Waals surface area contributed by atoms with Crippen LogP contribution in [0.5, 0.6) is 0 Å².